The van der Waals surface area contributed by atoms with Crippen molar-refractivity contribution in [3.05, 3.63) is 30.4 Å². The maximum Gasteiger partial charge on any atom is 0.251 e. The van der Waals surface area contributed by atoms with Crippen LogP contribution in [0, 0.1) is 12.8 Å². The number of rotatable bonds is 5. The van der Waals surface area contributed by atoms with Crippen molar-refractivity contribution in [2.45, 2.75) is 53.0 Å². The molecule has 0 aromatic carbocycles. The molecular weight excluding hydrogens is 196 g/mol. The molecule has 0 saturated heterocycles. The zero-order chi connectivity index (χ0) is 12.2. The molecule has 0 saturated carbocycles. The highest BCUT2D eigenvalue weighted by Gasteiger charge is 2.23. The third kappa shape index (κ3) is 3.22. The van der Waals surface area contributed by atoms with E-state index in [1.807, 2.05) is 6.20 Å². The summed E-state index contributed by atoms with van der Waals surface area (Å²) in [5.41, 5.74) is 0.0531. The first-order valence-electron chi connectivity index (χ1n) is 6.21. The van der Waals surface area contributed by atoms with Crippen molar-refractivity contribution in [2.75, 3.05) is 0 Å². The third-order valence-corrected chi connectivity index (χ3v) is 3.26. The van der Waals surface area contributed by atoms with Crippen LogP contribution in [0.3, 0.4) is 0 Å². The fraction of sp³-hybridized carbons (Fsp3) is 0.643. The number of hydrogen-bond acceptors (Lipinski definition) is 0. The monoisotopic (exact) mass is 221 g/mol. The van der Waals surface area contributed by atoms with Gasteiger partial charge in [-0.1, -0.05) is 26.3 Å². The minimum atomic E-state index is 0.0531. The van der Waals surface area contributed by atoms with E-state index in [2.05, 4.69) is 62.5 Å². The number of aromatic nitrogens is 2. The summed E-state index contributed by atoms with van der Waals surface area (Å²) in [5.74, 6) is 1.97. The topological polar surface area (TPSA) is 19.7 Å². The number of nitrogens with one attached hydrogen (secondary N) is 1. The first kappa shape index (κ1) is 13.0. The Morgan fingerprint density at radius 2 is 2.19 bits per heavy atom. The van der Waals surface area contributed by atoms with Gasteiger partial charge in [-0.15, -0.1) is 0 Å². The van der Waals surface area contributed by atoms with Gasteiger partial charge in [0.05, 0.1) is 0 Å². The molecule has 90 valence electrons. The minimum Gasteiger partial charge on any atom is -0.248 e. The van der Waals surface area contributed by atoms with Gasteiger partial charge in [-0.05, 0) is 32.3 Å². The second-order valence-corrected chi connectivity index (χ2v) is 5.22. The predicted molar refractivity (Wildman–Crippen MR) is 68.3 cm³/mol. The van der Waals surface area contributed by atoms with Gasteiger partial charge in [-0.2, -0.15) is 0 Å². The van der Waals surface area contributed by atoms with E-state index in [1.54, 1.807) is 0 Å². The summed E-state index contributed by atoms with van der Waals surface area (Å²) in [6, 6.07) is 0. The molecule has 1 rings (SSSR count). The number of nitrogens with zero attached hydrogens (tertiary/aromatic N) is 1. The van der Waals surface area contributed by atoms with Crippen molar-refractivity contribution in [1.82, 2.24) is 4.98 Å². The largest absolute Gasteiger partial charge is 0.251 e. The number of aromatic amines is 1. The summed E-state index contributed by atoms with van der Waals surface area (Å²) in [7, 11) is 0. The van der Waals surface area contributed by atoms with Crippen LogP contribution >= 0.6 is 0 Å². The average Bonchev–Trinajstić information content (AvgIpc) is 2.64. The third-order valence-electron chi connectivity index (χ3n) is 3.26. The molecule has 2 heteroatoms. The van der Waals surface area contributed by atoms with E-state index in [0.717, 1.165) is 5.92 Å². The lowest BCUT2D eigenvalue weighted by Gasteiger charge is -2.18. The molecule has 0 aliphatic carbocycles. The van der Waals surface area contributed by atoms with Gasteiger partial charge >= 0.3 is 0 Å². The van der Waals surface area contributed by atoms with Crippen LogP contribution < -0.4 is 4.57 Å². The Bertz CT molecular complexity index is 347. The SMILES string of the molecule is CC[C@H](C)CC=CC(C)(C)[n+]1cc[nH]c1C. The van der Waals surface area contributed by atoms with Crippen molar-refractivity contribution >= 4 is 0 Å². The smallest absolute Gasteiger partial charge is 0.248 e. The number of imidazole rings is 1. The van der Waals surface area contributed by atoms with E-state index in [9.17, 15) is 0 Å². The van der Waals surface area contributed by atoms with Crippen molar-refractivity contribution in [2.24, 2.45) is 5.92 Å². The zero-order valence-corrected chi connectivity index (χ0v) is 11.2. The highest BCUT2D eigenvalue weighted by Crippen LogP contribution is 2.13. The molecule has 2 nitrogen and oxygen atoms in total. The Balaban J connectivity index is 2.68. The summed E-state index contributed by atoms with van der Waals surface area (Å²) in [5, 5.41) is 0. The van der Waals surface area contributed by atoms with E-state index in [4.69, 9.17) is 0 Å². The molecule has 1 atom stereocenters. The van der Waals surface area contributed by atoms with Gasteiger partial charge in [0, 0.05) is 6.92 Å². The maximum atomic E-state index is 3.21. The van der Waals surface area contributed by atoms with Crippen LogP contribution in [0.5, 0.6) is 0 Å². The van der Waals surface area contributed by atoms with Crippen molar-refractivity contribution in [3.8, 4) is 0 Å². The first-order valence-corrected chi connectivity index (χ1v) is 6.21. The Kier molecular flexibility index (Phi) is 4.34. The van der Waals surface area contributed by atoms with E-state index in [0.29, 0.717) is 0 Å². The fourth-order valence-corrected chi connectivity index (χ4v) is 1.87. The van der Waals surface area contributed by atoms with E-state index < -0.39 is 0 Å². The molecule has 1 aromatic rings. The van der Waals surface area contributed by atoms with Crippen LogP contribution in [0.2, 0.25) is 0 Å². The Hall–Kier alpha value is -1.05. The fourth-order valence-electron chi connectivity index (χ4n) is 1.87. The van der Waals surface area contributed by atoms with Gasteiger partial charge in [-0.3, -0.25) is 0 Å². The normalized spacial score (nSPS) is 14.6. The summed E-state index contributed by atoms with van der Waals surface area (Å²) >= 11 is 0. The molecule has 16 heavy (non-hydrogen) atoms. The van der Waals surface area contributed by atoms with Gasteiger partial charge in [0.15, 0.2) is 0 Å². The molecule has 0 aliphatic heterocycles. The first-order chi connectivity index (χ1) is 7.47. The average molecular weight is 221 g/mol. The Morgan fingerprint density at radius 3 is 2.69 bits per heavy atom. The maximum absolute atomic E-state index is 3.21. The lowest BCUT2D eigenvalue weighted by atomic mass is 10.00. The Morgan fingerprint density at radius 1 is 1.50 bits per heavy atom. The molecule has 1 aromatic heterocycles. The quantitative estimate of drug-likeness (QED) is 0.581. The zero-order valence-electron chi connectivity index (χ0n) is 11.2. The molecule has 0 radical (unpaired) electrons. The molecule has 0 amide bonds. The van der Waals surface area contributed by atoms with Gasteiger partial charge < -0.3 is 0 Å². The minimum absolute atomic E-state index is 0.0531. The van der Waals surface area contributed by atoms with E-state index in [-0.39, 0.29) is 5.54 Å². The number of H-pyrrole nitrogens is 1. The second kappa shape index (κ2) is 5.33. The predicted octanol–water partition coefficient (Wildman–Crippen LogP) is 3.34. The summed E-state index contributed by atoms with van der Waals surface area (Å²) in [4.78, 5) is 3.21. The van der Waals surface area contributed by atoms with Crippen molar-refractivity contribution < 1.29 is 4.57 Å². The number of allylic oxidation sites excluding steroid dienone is 2. The van der Waals surface area contributed by atoms with Gasteiger partial charge in [0.2, 0.25) is 0 Å². The van der Waals surface area contributed by atoms with Crippen molar-refractivity contribution in [1.29, 1.82) is 0 Å². The van der Waals surface area contributed by atoms with Crippen LogP contribution in [-0.4, -0.2) is 4.98 Å². The highest BCUT2D eigenvalue weighted by atomic mass is 15.1. The summed E-state index contributed by atoms with van der Waals surface area (Å²) in [6.07, 6.45) is 11.1. The van der Waals surface area contributed by atoms with Gasteiger partial charge in [-0.25, -0.2) is 9.55 Å². The van der Waals surface area contributed by atoms with Crippen LogP contribution in [-0.2, 0) is 5.54 Å². The van der Waals surface area contributed by atoms with Gasteiger partial charge in [0.1, 0.15) is 17.9 Å². The lowest BCUT2D eigenvalue weighted by Crippen LogP contribution is -2.51. The molecular formula is C14H25N2+. The van der Waals surface area contributed by atoms with E-state index >= 15 is 0 Å². The number of hydrogen-bond donors (Lipinski definition) is 1. The molecule has 0 aliphatic rings. The second-order valence-electron chi connectivity index (χ2n) is 5.22. The molecule has 0 bridgehead atoms. The molecule has 0 spiro atoms. The molecule has 0 fully saturated rings. The van der Waals surface area contributed by atoms with Crippen LogP contribution in [0.15, 0.2) is 24.5 Å². The molecule has 1 N–H and O–H groups in total. The number of aryl methyl sites for hydroxylation is 1. The molecule has 1 heterocycles. The molecule has 0 unspecified atom stereocenters. The van der Waals surface area contributed by atoms with E-state index in [1.165, 1.54) is 18.7 Å². The van der Waals surface area contributed by atoms with Crippen LogP contribution in [0.25, 0.3) is 0 Å². The Labute approximate surface area is 99.4 Å². The van der Waals surface area contributed by atoms with Crippen LogP contribution in [0.1, 0.15) is 46.4 Å². The van der Waals surface area contributed by atoms with Gasteiger partial charge in [0.25, 0.3) is 5.82 Å². The standard InChI is InChI=1S/C14H24N2/c1-6-12(2)8-7-9-14(4,5)16-11-10-15-13(16)3/h7,9-12H,6,8H2,1-5H3/p+1/t12-/m0/s1. The van der Waals surface area contributed by atoms with Crippen molar-refractivity contribution in [3.63, 3.8) is 0 Å². The highest BCUT2D eigenvalue weighted by molar-refractivity contribution is 4.94. The lowest BCUT2D eigenvalue weighted by molar-refractivity contribution is -0.749. The summed E-state index contributed by atoms with van der Waals surface area (Å²) in [6.45, 7) is 11.1. The summed E-state index contributed by atoms with van der Waals surface area (Å²) < 4.78 is 2.26. The van der Waals surface area contributed by atoms with Crippen LogP contribution in [0.4, 0.5) is 0 Å².